The van der Waals surface area contributed by atoms with Gasteiger partial charge in [-0.1, -0.05) is 11.2 Å². The van der Waals surface area contributed by atoms with Gasteiger partial charge >= 0.3 is 17.8 Å². The normalized spacial score (nSPS) is 18.7. The number of anilines is 1. The zero-order chi connectivity index (χ0) is 20.9. The van der Waals surface area contributed by atoms with Crippen LogP contribution in [0.4, 0.5) is 6.01 Å². The zero-order valence-electron chi connectivity index (χ0n) is 17.2. The van der Waals surface area contributed by atoms with Crippen molar-refractivity contribution in [3.63, 3.8) is 0 Å². The number of hydrogen-bond donors (Lipinski definition) is 1. The Morgan fingerprint density at radius 3 is 2.94 bits per heavy atom. The number of carbonyl (C=O) groups excluding carboxylic acids is 1. The third kappa shape index (κ3) is 2.89. The predicted octanol–water partition coefficient (Wildman–Crippen LogP) is 2.14. The van der Waals surface area contributed by atoms with E-state index in [1.54, 1.807) is 11.2 Å². The molecule has 2 aliphatic rings. The Balaban J connectivity index is 1.40. The van der Waals surface area contributed by atoms with E-state index in [1.807, 2.05) is 21.7 Å². The van der Waals surface area contributed by atoms with Crippen molar-refractivity contribution in [3.05, 3.63) is 59.3 Å². The number of aromatic nitrogens is 6. The molecule has 10 nitrogen and oxygen atoms in total. The summed E-state index contributed by atoms with van der Waals surface area (Å²) in [5.74, 6) is -0.164. The van der Waals surface area contributed by atoms with Gasteiger partial charge in [-0.25, -0.2) is 9.50 Å². The lowest BCUT2D eigenvalue weighted by molar-refractivity contribution is 0.0753. The summed E-state index contributed by atoms with van der Waals surface area (Å²) >= 11 is 0. The van der Waals surface area contributed by atoms with Gasteiger partial charge in [-0.15, -0.1) is 5.10 Å². The topological polar surface area (TPSA) is 108 Å². The van der Waals surface area contributed by atoms with Crippen LogP contribution in [0.25, 0.3) is 5.52 Å². The molecule has 0 saturated carbocycles. The van der Waals surface area contributed by atoms with Crippen LogP contribution in [-0.2, 0) is 6.42 Å². The third-order valence-corrected chi connectivity index (χ3v) is 6.17. The number of likely N-dealkylation sites (tertiary alicyclic amines) is 1. The maximum atomic E-state index is 12.7. The van der Waals surface area contributed by atoms with Crippen molar-refractivity contribution >= 4 is 17.4 Å². The summed E-state index contributed by atoms with van der Waals surface area (Å²) < 4.78 is 7.75. The van der Waals surface area contributed by atoms with E-state index < -0.39 is 0 Å². The number of nitrogens with zero attached hydrogens (tertiary/aromatic N) is 7. The van der Waals surface area contributed by atoms with E-state index in [1.165, 1.54) is 0 Å². The number of pyridine rings is 1. The molecule has 1 N–H and O–H groups in total. The summed E-state index contributed by atoms with van der Waals surface area (Å²) in [6.07, 6.45) is 6.42. The first-order valence-corrected chi connectivity index (χ1v) is 10.6. The van der Waals surface area contributed by atoms with Crippen LogP contribution in [0.15, 0.2) is 35.1 Å². The molecule has 0 bridgehead atoms. The fourth-order valence-electron chi connectivity index (χ4n) is 4.57. The fourth-order valence-corrected chi connectivity index (χ4v) is 4.57. The van der Waals surface area contributed by atoms with Crippen LogP contribution in [0, 0.1) is 6.92 Å². The number of imidazole rings is 1. The van der Waals surface area contributed by atoms with Crippen LogP contribution in [0.1, 0.15) is 52.2 Å². The molecule has 1 saturated heterocycles. The van der Waals surface area contributed by atoms with E-state index in [9.17, 15) is 4.79 Å². The van der Waals surface area contributed by atoms with Crippen molar-refractivity contribution < 1.29 is 9.21 Å². The quantitative estimate of drug-likeness (QED) is 0.543. The van der Waals surface area contributed by atoms with Gasteiger partial charge in [-0.3, -0.25) is 4.79 Å². The van der Waals surface area contributed by atoms with E-state index in [2.05, 4.69) is 39.2 Å². The fraction of sp³-hybridized carbons (Fsp3) is 0.381. The summed E-state index contributed by atoms with van der Waals surface area (Å²) in [6, 6.07) is 6.14. The van der Waals surface area contributed by atoms with Gasteiger partial charge in [-0.05, 0) is 37.5 Å². The van der Waals surface area contributed by atoms with E-state index >= 15 is 0 Å². The summed E-state index contributed by atoms with van der Waals surface area (Å²) in [6.45, 7) is 4.18. The molecule has 1 amide bonds. The molecule has 1 atom stereocenters. The highest BCUT2D eigenvalue weighted by atomic mass is 16.4. The monoisotopic (exact) mass is 418 g/mol. The first-order valence-electron chi connectivity index (χ1n) is 10.6. The molecule has 0 aromatic carbocycles. The number of aromatic amines is 1. The largest absolute Gasteiger partial charge is 0.399 e. The van der Waals surface area contributed by atoms with Crippen LogP contribution in [-0.4, -0.2) is 60.2 Å². The predicted molar refractivity (Wildman–Crippen MR) is 111 cm³/mol. The Bertz CT molecular complexity index is 1270. The molecule has 6 rings (SSSR count). The summed E-state index contributed by atoms with van der Waals surface area (Å²) in [5, 5.41) is 13.1. The van der Waals surface area contributed by atoms with Crippen molar-refractivity contribution in [3.8, 4) is 0 Å². The van der Waals surface area contributed by atoms with Crippen LogP contribution >= 0.6 is 0 Å². The molecule has 1 fully saturated rings. The number of fused-ring (bicyclic) bond motifs is 2. The lowest BCUT2D eigenvalue weighted by Gasteiger charge is -2.32. The summed E-state index contributed by atoms with van der Waals surface area (Å²) in [5.41, 5.74) is 4.98. The second-order valence-corrected chi connectivity index (χ2v) is 8.09. The van der Waals surface area contributed by atoms with Crippen LogP contribution in [0.5, 0.6) is 0 Å². The van der Waals surface area contributed by atoms with Gasteiger partial charge in [0.1, 0.15) is 6.04 Å². The summed E-state index contributed by atoms with van der Waals surface area (Å²) in [4.78, 5) is 24.3. The lowest BCUT2D eigenvalue weighted by atomic mass is 10.00. The molecule has 0 spiro atoms. The van der Waals surface area contributed by atoms with Crippen LogP contribution in [0.2, 0.25) is 0 Å². The number of amides is 1. The number of aryl methyl sites for hydroxylation is 1. The smallest absolute Gasteiger partial charge is 0.319 e. The number of H-pyrrole nitrogens is 1. The van der Waals surface area contributed by atoms with Crippen molar-refractivity contribution in [2.24, 2.45) is 0 Å². The minimum Gasteiger partial charge on any atom is -0.399 e. The molecule has 0 unspecified atom stereocenters. The molecular formula is C21H22N8O2. The SMILES string of the molecule is Cc1cccn2nc([C@@H]3c4nc[nH]c4CCN3c3nnc(C(=O)N4CCCC4)o3)cc12. The van der Waals surface area contributed by atoms with Gasteiger partial charge < -0.3 is 19.2 Å². The zero-order valence-corrected chi connectivity index (χ0v) is 17.2. The number of carbonyl (C=O) groups is 1. The minimum absolute atomic E-state index is 0.0364. The van der Waals surface area contributed by atoms with Gasteiger partial charge in [0.15, 0.2) is 0 Å². The van der Waals surface area contributed by atoms with Gasteiger partial charge in [0.25, 0.3) is 0 Å². The highest BCUT2D eigenvalue weighted by Crippen LogP contribution is 2.36. The Labute approximate surface area is 177 Å². The summed E-state index contributed by atoms with van der Waals surface area (Å²) in [7, 11) is 0. The van der Waals surface area contributed by atoms with Gasteiger partial charge in [0.2, 0.25) is 0 Å². The minimum atomic E-state index is -0.288. The average Bonchev–Trinajstić information content (AvgIpc) is 3.58. The molecule has 0 radical (unpaired) electrons. The Morgan fingerprint density at radius 2 is 2.10 bits per heavy atom. The standard InChI is InChI=1S/C21H22N8O2/c1-13-5-4-9-29-16(13)11-15(26-29)18-17-14(22-12-23-17)6-10-28(18)21-25-24-19(31-21)20(30)27-7-2-3-8-27/h4-5,9,11-12,18H,2-3,6-8,10H2,1H3,(H,22,23)/t18-/m1/s1. The van der Waals surface area contributed by atoms with Crippen LogP contribution < -0.4 is 4.90 Å². The molecule has 31 heavy (non-hydrogen) atoms. The Hall–Kier alpha value is -3.69. The maximum absolute atomic E-state index is 12.7. The molecular weight excluding hydrogens is 396 g/mol. The number of rotatable bonds is 3. The average molecular weight is 418 g/mol. The highest BCUT2D eigenvalue weighted by Gasteiger charge is 2.36. The van der Waals surface area contributed by atoms with E-state index in [0.717, 1.165) is 60.5 Å². The molecule has 158 valence electrons. The molecule has 6 heterocycles. The van der Waals surface area contributed by atoms with Crippen molar-refractivity contribution in [1.82, 2.24) is 34.7 Å². The third-order valence-electron chi connectivity index (χ3n) is 6.17. The second-order valence-electron chi connectivity index (χ2n) is 8.09. The molecule has 10 heteroatoms. The van der Waals surface area contributed by atoms with E-state index in [4.69, 9.17) is 9.52 Å². The molecule has 2 aliphatic heterocycles. The van der Waals surface area contributed by atoms with Crippen molar-refractivity contribution in [2.75, 3.05) is 24.5 Å². The number of hydrogen-bond acceptors (Lipinski definition) is 7. The second kappa shape index (κ2) is 6.93. The van der Waals surface area contributed by atoms with Crippen molar-refractivity contribution in [2.45, 2.75) is 32.2 Å². The Morgan fingerprint density at radius 1 is 1.23 bits per heavy atom. The molecule has 4 aromatic heterocycles. The first kappa shape index (κ1) is 18.1. The molecule has 0 aliphatic carbocycles. The lowest BCUT2D eigenvalue weighted by Crippen LogP contribution is -2.37. The van der Waals surface area contributed by atoms with Crippen LogP contribution in [0.3, 0.4) is 0 Å². The van der Waals surface area contributed by atoms with Gasteiger partial charge in [-0.2, -0.15) is 5.10 Å². The highest BCUT2D eigenvalue weighted by molar-refractivity contribution is 5.89. The number of nitrogens with one attached hydrogen (secondary N) is 1. The van der Waals surface area contributed by atoms with Gasteiger partial charge in [0, 0.05) is 37.9 Å². The molecule has 4 aromatic rings. The van der Waals surface area contributed by atoms with Gasteiger partial charge in [0.05, 0.1) is 23.2 Å². The first-order chi connectivity index (χ1) is 15.2. The van der Waals surface area contributed by atoms with E-state index in [0.29, 0.717) is 12.6 Å². The Kier molecular flexibility index (Phi) is 4.05. The van der Waals surface area contributed by atoms with E-state index in [-0.39, 0.29) is 17.8 Å². The maximum Gasteiger partial charge on any atom is 0.319 e. The van der Waals surface area contributed by atoms with Crippen molar-refractivity contribution in [1.29, 1.82) is 0 Å².